The maximum absolute atomic E-state index is 13.2. The number of ether oxygens (including phenoxy) is 1. The van der Waals surface area contributed by atoms with Crippen molar-refractivity contribution in [1.82, 2.24) is 0 Å². The Bertz CT molecular complexity index is 580. The van der Waals surface area contributed by atoms with Crippen LogP contribution in [0.25, 0.3) is 0 Å². The standard InChI is InChI=1S/C14H11Br2FO2/c1-8(18)13-3-2-11(7-14(13)16)19-12-5-9(15)4-10(17)6-12/h2-8,18H,1H3/t8-/m0/s1. The topological polar surface area (TPSA) is 29.5 Å². The second-order valence-corrected chi connectivity index (χ2v) is 5.84. The number of aliphatic hydroxyl groups excluding tert-OH is 1. The molecule has 0 saturated carbocycles. The number of benzene rings is 2. The van der Waals surface area contributed by atoms with Crippen molar-refractivity contribution < 1.29 is 14.2 Å². The Balaban J connectivity index is 2.26. The summed E-state index contributed by atoms with van der Waals surface area (Å²) in [5.41, 5.74) is 0.771. The molecule has 1 atom stereocenters. The van der Waals surface area contributed by atoms with Crippen LogP contribution in [0.4, 0.5) is 4.39 Å². The molecule has 19 heavy (non-hydrogen) atoms. The minimum absolute atomic E-state index is 0.371. The molecule has 0 spiro atoms. The van der Waals surface area contributed by atoms with Crippen molar-refractivity contribution in [2.75, 3.05) is 0 Å². The summed E-state index contributed by atoms with van der Waals surface area (Å²) in [6, 6.07) is 9.57. The van der Waals surface area contributed by atoms with Gasteiger partial charge in [-0.2, -0.15) is 0 Å². The first-order chi connectivity index (χ1) is 8.95. The molecule has 5 heteroatoms. The van der Waals surface area contributed by atoms with Crippen molar-refractivity contribution in [3.8, 4) is 11.5 Å². The molecule has 0 aliphatic heterocycles. The van der Waals surface area contributed by atoms with E-state index in [2.05, 4.69) is 31.9 Å². The molecule has 2 aromatic rings. The smallest absolute Gasteiger partial charge is 0.131 e. The van der Waals surface area contributed by atoms with Gasteiger partial charge in [0.05, 0.1) is 6.10 Å². The molecule has 0 radical (unpaired) electrons. The molecule has 2 aromatic carbocycles. The van der Waals surface area contributed by atoms with Gasteiger partial charge in [0, 0.05) is 15.0 Å². The Morgan fingerprint density at radius 3 is 2.42 bits per heavy atom. The molecule has 0 aliphatic rings. The first-order valence-corrected chi connectivity index (χ1v) is 7.16. The molecule has 100 valence electrons. The van der Waals surface area contributed by atoms with E-state index in [1.165, 1.54) is 12.1 Å². The Hall–Kier alpha value is -0.910. The van der Waals surface area contributed by atoms with E-state index in [0.29, 0.717) is 16.0 Å². The number of rotatable bonds is 3. The van der Waals surface area contributed by atoms with Crippen molar-refractivity contribution in [3.05, 3.63) is 56.7 Å². The maximum atomic E-state index is 13.2. The van der Waals surface area contributed by atoms with Gasteiger partial charge in [-0.15, -0.1) is 0 Å². The molecule has 0 aliphatic carbocycles. The average Bonchev–Trinajstić information content (AvgIpc) is 2.26. The quantitative estimate of drug-likeness (QED) is 0.781. The summed E-state index contributed by atoms with van der Waals surface area (Å²) in [5, 5.41) is 9.53. The molecule has 2 rings (SSSR count). The molecule has 0 amide bonds. The fourth-order valence-electron chi connectivity index (χ4n) is 1.63. The molecule has 1 N–H and O–H groups in total. The van der Waals surface area contributed by atoms with Crippen LogP contribution >= 0.6 is 31.9 Å². The lowest BCUT2D eigenvalue weighted by Gasteiger charge is -2.11. The lowest BCUT2D eigenvalue weighted by molar-refractivity contribution is 0.198. The van der Waals surface area contributed by atoms with Crippen molar-refractivity contribution in [3.63, 3.8) is 0 Å². The van der Waals surface area contributed by atoms with Gasteiger partial charge < -0.3 is 9.84 Å². The summed E-state index contributed by atoms with van der Waals surface area (Å²) in [6.45, 7) is 1.68. The van der Waals surface area contributed by atoms with E-state index in [-0.39, 0.29) is 5.82 Å². The van der Waals surface area contributed by atoms with Crippen LogP contribution in [0.3, 0.4) is 0 Å². The van der Waals surface area contributed by atoms with Crippen LogP contribution < -0.4 is 4.74 Å². The summed E-state index contributed by atoms with van der Waals surface area (Å²) >= 11 is 6.58. The minimum Gasteiger partial charge on any atom is -0.457 e. The van der Waals surface area contributed by atoms with E-state index in [9.17, 15) is 9.50 Å². The summed E-state index contributed by atoms with van der Waals surface area (Å²) in [5.74, 6) is 0.599. The average molecular weight is 390 g/mol. The highest BCUT2D eigenvalue weighted by molar-refractivity contribution is 9.10. The predicted octanol–water partition coefficient (Wildman–Crippen LogP) is 5.20. The van der Waals surface area contributed by atoms with Crippen LogP contribution in [-0.2, 0) is 0 Å². The summed E-state index contributed by atoms with van der Waals surface area (Å²) in [6.07, 6.45) is -0.563. The molecule has 0 aromatic heterocycles. The normalized spacial score (nSPS) is 12.3. The number of hydrogen-bond donors (Lipinski definition) is 1. The molecular weight excluding hydrogens is 379 g/mol. The van der Waals surface area contributed by atoms with Gasteiger partial charge in [-0.1, -0.05) is 37.9 Å². The first-order valence-electron chi connectivity index (χ1n) is 5.57. The molecule has 0 saturated heterocycles. The lowest BCUT2D eigenvalue weighted by Crippen LogP contribution is -1.93. The van der Waals surface area contributed by atoms with Crippen LogP contribution in [0.1, 0.15) is 18.6 Å². The van der Waals surface area contributed by atoms with Gasteiger partial charge in [0.2, 0.25) is 0 Å². The van der Waals surface area contributed by atoms with E-state index in [1.807, 2.05) is 0 Å². The van der Waals surface area contributed by atoms with Gasteiger partial charge >= 0.3 is 0 Å². The highest BCUT2D eigenvalue weighted by atomic mass is 79.9. The minimum atomic E-state index is -0.563. The van der Waals surface area contributed by atoms with E-state index >= 15 is 0 Å². The van der Waals surface area contributed by atoms with Crippen LogP contribution in [0, 0.1) is 5.82 Å². The highest BCUT2D eigenvalue weighted by Gasteiger charge is 2.08. The van der Waals surface area contributed by atoms with Crippen LogP contribution in [0.15, 0.2) is 45.3 Å². The van der Waals surface area contributed by atoms with Crippen molar-refractivity contribution in [1.29, 1.82) is 0 Å². The van der Waals surface area contributed by atoms with E-state index < -0.39 is 6.10 Å². The van der Waals surface area contributed by atoms with Gasteiger partial charge in [0.25, 0.3) is 0 Å². The molecular formula is C14H11Br2FO2. The molecule has 0 heterocycles. The molecule has 0 unspecified atom stereocenters. The van der Waals surface area contributed by atoms with Crippen LogP contribution in [0.2, 0.25) is 0 Å². The lowest BCUT2D eigenvalue weighted by atomic mass is 10.1. The van der Waals surface area contributed by atoms with Gasteiger partial charge in [-0.25, -0.2) is 4.39 Å². The number of hydrogen-bond acceptors (Lipinski definition) is 2. The van der Waals surface area contributed by atoms with Gasteiger partial charge in [-0.3, -0.25) is 0 Å². The van der Waals surface area contributed by atoms with E-state index in [0.717, 1.165) is 10.0 Å². The summed E-state index contributed by atoms with van der Waals surface area (Å²) in [4.78, 5) is 0. The fourth-order valence-corrected chi connectivity index (χ4v) is 2.77. The maximum Gasteiger partial charge on any atom is 0.131 e. The zero-order chi connectivity index (χ0) is 14.0. The van der Waals surface area contributed by atoms with Crippen molar-refractivity contribution in [2.45, 2.75) is 13.0 Å². The molecule has 0 fully saturated rings. The monoisotopic (exact) mass is 388 g/mol. The third kappa shape index (κ3) is 3.78. The Labute approximate surface area is 127 Å². The Morgan fingerprint density at radius 1 is 1.11 bits per heavy atom. The Kier molecular flexibility index (Phi) is 4.60. The first kappa shape index (κ1) is 14.5. The summed E-state index contributed by atoms with van der Waals surface area (Å²) < 4.78 is 20.2. The predicted molar refractivity (Wildman–Crippen MR) is 78.9 cm³/mol. The zero-order valence-electron chi connectivity index (χ0n) is 10.0. The van der Waals surface area contributed by atoms with Crippen molar-refractivity contribution >= 4 is 31.9 Å². The van der Waals surface area contributed by atoms with Gasteiger partial charge in [0.1, 0.15) is 17.3 Å². The van der Waals surface area contributed by atoms with E-state index in [4.69, 9.17) is 4.74 Å². The molecule has 2 nitrogen and oxygen atoms in total. The number of halogens is 3. The SMILES string of the molecule is C[C@H](O)c1ccc(Oc2cc(F)cc(Br)c2)cc1Br. The number of aliphatic hydroxyl groups is 1. The molecule has 0 bridgehead atoms. The van der Waals surface area contributed by atoms with Crippen LogP contribution in [-0.4, -0.2) is 5.11 Å². The Morgan fingerprint density at radius 2 is 1.84 bits per heavy atom. The summed E-state index contributed by atoms with van der Waals surface area (Å²) in [7, 11) is 0. The van der Waals surface area contributed by atoms with Crippen molar-refractivity contribution in [2.24, 2.45) is 0 Å². The zero-order valence-corrected chi connectivity index (χ0v) is 13.2. The second-order valence-electron chi connectivity index (χ2n) is 4.07. The van der Waals surface area contributed by atoms with E-state index in [1.54, 1.807) is 31.2 Å². The third-order valence-corrected chi connectivity index (χ3v) is 3.64. The fraction of sp³-hybridized carbons (Fsp3) is 0.143. The highest BCUT2D eigenvalue weighted by Crippen LogP contribution is 2.31. The van der Waals surface area contributed by atoms with Crippen LogP contribution in [0.5, 0.6) is 11.5 Å². The van der Waals surface area contributed by atoms with Gasteiger partial charge in [-0.05, 0) is 36.8 Å². The van der Waals surface area contributed by atoms with Gasteiger partial charge in [0.15, 0.2) is 0 Å². The third-order valence-electron chi connectivity index (χ3n) is 2.49. The second kappa shape index (κ2) is 6.03. The largest absolute Gasteiger partial charge is 0.457 e.